The number of hydrogen-bond acceptors (Lipinski definition) is 5. The van der Waals surface area contributed by atoms with Gasteiger partial charge in [-0.25, -0.2) is 17.5 Å². The average Bonchev–Trinajstić information content (AvgIpc) is 2.90. The van der Waals surface area contributed by atoms with Gasteiger partial charge in [-0.05, 0) is 55.8 Å². The fourth-order valence-electron chi connectivity index (χ4n) is 4.84. The van der Waals surface area contributed by atoms with Gasteiger partial charge in [0.15, 0.2) is 0 Å². The predicted molar refractivity (Wildman–Crippen MR) is 139 cm³/mol. The van der Waals surface area contributed by atoms with E-state index in [4.69, 9.17) is 4.74 Å². The topological polar surface area (TPSA) is 70.2 Å². The molecule has 0 N–H and O–H groups in total. The Morgan fingerprint density at radius 2 is 1.66 bits per heavy atom. The Hall–Kier alpha value is -2.42. The largest absolute Gasteiger partial charge is 0.453 e. The fourth-order valence-corrected chi connectivity index (χ4v) is 6.08. The van der Waals surface area contributed by atoms with Gasteiger partial charge in [-0.3, -0.25) is 0 Å². The van der Waals surface area contributed by atoms with Gasteiger partial charge in [-0.15, -0.1) is 0 Å². The van der Waals surface area contributed by atoms with Gasteiger partial charge < -0.3 is 14.5 Å². The van der Waals surface area contributed by atoms with E-state index in [1.165, 1.54) is 11.4 Å². The van der Waals surface area contributed by atoms with E-state index in [-0.39, 0.29) is 18.1 Å². The minimum atomic E-state index is -3.55. The molecule has 1 aliphatic heterocycles. The van der Waals surface area contributed by atoms with Gasteiger partial charge in [0.25, 0.3) is 0 Å². The van der Waals surface area contributed by atoms with E-state index in [0.29, 0.717) is 11.4 Å². The highest BCUT2D eigenvalue weighted by Crippen LogP contribution is 2.26. The molecule has 2 aromatic carbocycles. The molecule has 35 heavy (non-hydrogen) atoms. The predicted octanol–water partition coefficient (Wildman–Crippen LogP) is 4.42. The van der Waals surface area contributed by atoms with Crippen molar-refractivity contribution in [3.05, 3.63) is 66.2 Å². The lowest BCUT2D eigenvalue weighted by atomic mass is 9.94. The van der Waals surface area contributed by atoms with Gasteiger partial charge in [0.2, 0.25) is 10.0 Å². The Morgan fingerprint density at radius 3 is 2.23 bits per heavy atom. The molecule has 8 heteroatoms. The molecule has 2 aromatic rings. The summed E-state index contributed by atoms with van der Waals surface area (Å²) in [6, 6.07) is 19.0. The first-order valence-corrected chi connectivity index (χ1v) is 13.9. The van der Waals surface area contributed by atoms with Crippen LogP contribution in [0.2, 0.25) is 0 Å². The molecule has 0 spiro atoms. The molecule has 0 aliphatic carbocycles. The number of nitrogens with zero attached hydrogens (tertiary/aromatic N) is 3. The zero-order chi connectivity index (χ0) is 25.3. The number of carbonyl (C=O) groups is 1. The van der Waals surface area contributed by atoms with Gasteiger partial charge in [0.1, 0.15) is 0 Å². The molecule has 7 nitrogen and oxygen atoms in total. The van der Waals surface area contributed by atoms with Crippen molar-refractivity contribution in [3.63, 3.8) is 0 Å². The van der Waals surface area contributed by atoms with E-state index in [9.17, 15) is 13.2 Å². The van der Waals surface area contributed by atoms with Crippen LogP contribution in [0.15, 0.2) is 65.6 Å². The number of sulfonamides is 1. The summed E-state index contributed by atoms with van der Waals surface area (Å²) >= 11 is 0. The SMILES string of the molecule is CCCN(C(=O)OC)C1CCN(CC[C@H](CN(C)S(=O)(=O)c2ccccc2)c2ccccc2)CC1. The van der Waals surface area contributed by atoms with Gasteiger partial charge in [0.05, 0.1) is 12.0 Å². The van der Waals surface area contributed by atoms with E-state index in [1.54, 1.807) is 31.3 Å². The van der Waals surface area contributed by atoms with Crippen LogP contribution in [0.25, 0.3) is 0 Å². The van der Waals surface area contributed by atoms with Gasteiger partial charge in [-0.2, -0.15) is 0 Å². The summed E-state index contributed by atoms with van der Waals surface area (Å²) in [4.78, 5) is 16.8. The number of carbonyl (C=O) groups excluding carboxylic acids is 1. The number of rotatable bonds is 11. The highest BCUT2D eigenvalue weighted by Gasteiger charge is 2.29. The summed E-state index contributed by atoms with van der Waals surface area (Å²) in [6.07, 6.45) is 3.38. The fraction of sp³-hybridized carbons (Fsp3) is 0.519. The lowest BCUT2D eigenvalue weighted by Gasteiger charge is -2.38. The summed E-state index contributed by atoms with van der Waals surface area (Å²) in [6.45, 7) is 5.93. The Bertz CT molecular complexity index is 1010. The molecule has 0 radical (unpaired) electrons. The molecule has 1 aliphatic rings. The van der Waals surface area contributed by atoms with Crippen LogP contribution in [0.4, 0.5) is 4.79 Å². The van der Waals surface area contributed by atoms with Crippen molar-refractivity contribution in [2.75, 3.05) is 46.9 Å². The zero-order valence-electron chi connectivity index (χ0n) is 21.2. The Kier molecular flexibility index (Phi) is 10.1. The van der Waals surface area contributed by atoms with Gasteiger partial charge in [-0.1, -0.05) is 55.5 Å². The number of amides is 1. The Labute approximate surface area is 210 Å². The number of methoxy groups -OCH3 is 1. The van der Waals surface area contributed by atoms with Crippen molar-refractivity contribution >= 4 is 16.1 Å². The van der Waals surface area contributed by atoms with Crippen LogP contribution in [0, 0.1) is 0 Å². The van der Waals surface area contributed by atoms with E-state index in [1.807, 2.05) is 29.2 Å². The third-order valence-electron chi connectivity index (χ3n) is 6.87. The van der Waals surface area contributed by atoms with Crippen LogP contribution < -0.4 is 0 Å². The highest BCUT2D eigenvalue weighted by atomic mass is 32.2. The number of likely N-dealkylation sites (N-methyl/N-ethyl adjacent to an activating group) is 1. The lowest BCUT2D eigenvalue weighted by Crippen LogP contribution is -2.48. The smallest absolute Gasteiger partial charge is 0.409 e. The summed E-state index contributed by atoms with van der Waals surface area (Å²) in [7, 11) is -0.439. The molecular weight excluding hydrogens is 462 g/mol. The van der Waals surface area contributed by atoms with E-state index >= 15 is 0 Å². The average molecular weight is 502 g/mol. The first-order valence-electron chi connectivity index (χ1n) is 12.5. The zero-order valence-corrected chi connectivity index (χ0v) is 22.0. The van der Waals surface area contributed by atoms with Crippen molar-refractivity contribution in [3.8, 4) is 0 Å². The summed E-state index contributed by atoms with van der Waals surface area (Å²) < 4.78 is 32.7. The van der Waals surface area contributed by atoms with Gasteiger partial charge in [0, 0.05) is 39.3 Å². The number of likely N-dealkylation sites (tertiary alicyclic amines) is 1. The molecule has 0 bridgehead atoms. The molecule has 3 rings (SSSR count). The van der Waals surface area contributed by atoms with Gasteiger partial charge >= 0.3 is 6.09 Å². The second-order valence-corrected chi connectivity index (χ2v) is 11.3. The molecule has 0 aromatic heterocycles. The van der Waals surface area contributed by atoms with Crippen molar-refractivity contribution in [2.24, 2.45) is 0 Å². The molecule has 1 saturated heterocycles. The number of ether oxygens (including phenoxy) is 1. The molecular formula is C27H39N3O4S. The monoisotopic (exact) mass is 501 g/mol. The quantitative estimate of drug-likeness (QED) is 0.456. The first-order chi connectivity index (χ1) is 16.9. The Balaban J connectivity index is 1.62. The van der Waals surface area contributed by atoms with Crippen molar-refractivity contribution in [1.29, 1.82) is 0 Å². The maximum absolute atomic E-state index is 13.1. The maximum Gasteiger partial charge on any atom is 0.409 e. The normalized spacial score (nSPS) is 16.2. The summed E-state index contributed by atoms with van der Waals surface area (Å²) in [5.41, 5.74) is 1.15. The van der Waals surface area contributed by atoms with E-state index < -0.39 is 10.0 Å². The standard InChI is InChI=1S/C27H39N3O4S/c1-4-18-30(27(31)34-3)25-16-20-29(21-17-25)19-15-24(23-11-7-5-8-12-23)22-28(2)35(32,33)26-13-9-6-10-14-26/h5-14,24-25H,4,15-22H2,1-3H3/t24-/m1/s1. The van der Waals surface area contributed by atoms with E-state index in [2.05, 4.69) is 24.0 Å². The molecule has 0 saturated carbocycles. The van der Waals surface area contributed by atoms with Crippen LogP contribution in [0.5, 0.6) is 0 Å². The van der Waals surface area contributed by atoms with E-state index in [0.717, 1.165) is 57.4 Å². The Morgan fingerprint density at radius 1 is 1.06 bits per heavy atom. The second-order valence-electron chi connectivity index (χ2n) is 9.23. The molecule has 192 valence electrons. The summed E-state index contributed by atoms with van der Waals surface area (Å²) in [5, 5.41) is 0. The maximum atomic E-state index is 13.1. The number of hydrogen-bond donors (Lipinski definition) is 0. The third kappa shape index (κ3) is 7.29. The molecule has 1 atom stereocenters. The van der Waals surface area contributed by atoms with Crippen LogP contribution in [-0.4, -0.2) is 81.5 Å². The van der Waals surface area contributed by atoms with Crippen LogP contribution in [0.3, 0.4) is 0 Å². The van der Waals surface area contributed by atoms with Crippen LogP contribution in [-0.2, 0) is 14.8 Å². The van der Waals surface area contributed by atoms with Crippen molar-refractivity contribution < 1.29 is 17.9 Å². The molecule has 1 heterocycles. The third-order valence-corrected chi connectivity index (χ3v) is 8.70. The molecule has 1 fully saturated rings. The van der Waals surface area contributed by atoms with Crippen molar-refractivity contribution in [1.82, 2.24) is 14.1 Å². The van der Waals surface area contributed by atoms with Crippen molar-refractivity contribution in [2.45, 2.75) is 49.5 Å². The first kappa shape index (κ1) is 27.2. The number of benzene rings is 2. The van der Waals surface area contributed by atoms with Crippen LogP contribution >= 0.6 is 0 Å². The summed E-state index contributed by atoms with van der Waals surface area (Å²) in [5.74, 6) is 0.0871. The number of piperidine rings is 1. The highest BCUT2D eigenvalue weighted by molar-refractivity contribution is 7.89. The molecule has 0 unspecified atom stereocenters. The molecule has 1 amide bonds. The minimum absolute atomic E-state index is 0.0871. The second kappa shape index (κ2) is 13.0. The lowest BCUT2D eigenvalue weighted by molar-refractivity contribution is 0.0772. The minimum Gasteiger partial charge on any atom is -0.453 e. The van der Waals surface area contributed by atoms with Crippen LogP contribution in [0.1, 0.15) is 44.1 Å².